The maximum Gasteiger partial charge on any atom is 0.0647 e. The maximum atomic E-state index is 8.10. The molecular formula is C13H14N2. The highest BCUT2D eigenvalue weighted by atomic mass is 14.4. The van der Waals surface area contributed by atoms with Gasteiger partial charge in [-0.25, -0.2) is 0 Å². The second-order valence-corrected chi connectivity index (χ2v) is 3.74. The number of hydrogen-bond acceptors (Lipinski definition) is 2. The standard InChI is InChI=1S/C13H14N2/c14-9-8-11-6-3-5-10-4-1-2-7-12(10)13(11)15/h1-2,4,7-9,14-15H,3,5-6H2/b11-8-,14-9?,15-13?. The van der Waals surface area contributed by atoms with E-state index in [0.29, 0.717) is 5.71 Å². The smallest absolute Gasteiger partial charge is 0.0647 e. The highest BCUT2D eigenvalue weighted by molar-refractivity contribution is 6.13. The van der Waals surface area contributed by atoms with Crippen molar-refractivity contribution in [2.24, 2.45) is 0 Å². The molecule has 0 fully saturated rings. The molecule has 0 atom stereocenters. The van der Waals surface area contributed by atoms with Crippen LogP contribution < -0.4 is 0 Å². The Morgan fingerprint density at radius 1 is 1.13 bits per heavy atom. The molecule has 0 bridgehead atoms. The second-order valence-electron chi connectivity index (χ2n) is 3.74. The van der Waals surface area contributed by atoms with Gasteiger partial charge in [0.25, 0.3) is 0 Å². The van der Waals surface area contributed by atoms with Crippen molar-refractivity contribution in [1.82, 2.24) is 0 Å². The van der Waals surface area contributed by atoms with Crippen LogP contribution in [0.5, 0.6) is 0 Å². The molecule has 0 unspecified atom stereocenters. The van der Waals surface area contributed by atoms with Crippen molar-refractivity contribution in [1.29, 1.82) is 10.8 Å². The normalized spacial score (nSPS) is 18.4. The topological polar surface area (TPSA) is 47.7 Å². The molecule has 1 aromatic carbocycles. The molecule has 0 saturated heterocycles. The van der Waals surface area contributed by atoms with E-state index in [4.69, 9.17) is 10.8 Å². The molecule has 1 aliphatic rings. The fourth-order valence-corrected chi connectivity index (χ4v) is 2.02. The molecule has 0 spiro atoms. The van der Waals surface area contributed by atoms with E-state index in [1.54, 1.807) is 6.08 Å². The van der Waals surface area contributed by atoms with Crippen LogP contribution in [0.3, 0.4) is 0 Å². The molecule has 0 saturated carbocycles. The molecule has 0 aromatic heterocycles. The molecule has 2 heteroatoms. The van der Waals surface area contributed by atoms with Crippen LogP contribution in [0.1, 0.15) is 24.0 Å². The lowest BCUT2D eigenvalue weighted by Crippen LogP contribution is -2.03. The largest absolute Gasteiger partial charge is 0.309 e. The molecule has 0 amide bonds. The minimum absolute atomic E-state index is 0.589. The van der Waals surface area contributed by atoms with Crippen molar-refractivity contribution in [2.45, 2.75) is 19.3 Å². The van der Waals surface area contributed by atoms with E-state index >= 15 is 0 Å². The van der Waals surface area contributed by atoms with Crippen molar-refractivity contribution >= 4 is 11.9 Å². The number of aryl methyl sites for hydroxylation is 1. The Morgan fingerprint density at radius 3 is 2.73 bits per heavy atom. The highest BCUT2D eigenvalue weighted by Gasteiger charge is 2.15. The minimum atomic E-state index is 0.589. The summed E-state index contributed by atoms with van der Waals surface area (Å²) in [5.41, 5.74) is 3.86. The van der Waals surface area contributed by atoms with Crippen molar-refractivity contribution in [3.05, 3.63) is 47.0 Å². The molecule has 0 radical (unpaired) electrons. The molecule has 1 aromatic rings. The van der Waals surface area contributed by atoms with Gasteiger partial charge >= 0.3 is 0 Å². The van der Waals surface area contributed by atoms with Gasteiger partial charge in [0.1, 0.15) is 0 Å². The van der Waals surface area contributed by atoms with E-state index in [0.717, 1.165) is 30.4 Å². The SMILES string of the molecule is N=C/C=C1/CCCc2ccccc2C1=N. The maximum absolute atomic E-state index is 8.10. The average molecular weight is 198 g/mol. The van der Waals surface area contributed by atoms with Crippen LogP contribution in [-0.2, 0) is 6.42 Å². The molecule has 1 aliphatic carbocycles. The molecule has 2 N–H and O–H groups in total. The first-order valence-electron chi connectivity index (χ1n) is 5.20. The van der Waals surface area contributed by atoms with Gasteiger partial charge in [-0.15, -0.1) is 0 Å². The molecule has 0 heterocycles. The minimum Gasteiger partial charge on any atom is -0.309 e. The van der Waals surface area contributed by atoms with Gasteiger partial charge in [-0.3, -0.25) is 5.41 Å². The summed E-state index contributed by atoms with van der Waals surface area (Å²) in [4.78, 5) is 0. The third kappa shape index (κ3) is 1.89. The van der Waals surface area contributed by atoms with E-state index < -0.39 is 0 Å². The van der Waals surface area contributed by atoms with Crippen LogP contribution >= 0.6 is 0 Å². The monoisotopic (exact) mass is 198 g/mol. The van der Waals surface area contributed by atoms with Gasteiger partial charge in [0, 0.05) is 11.8 Å². The third-order valence-corrected chi connectivity index (χ3v) is 2.78. The number of hydrogen-bond donors (Lipinski definition) is 2. The Hall–Kier alpha value is -1.70. The highest BCUT2D eigenvalue weighted by Crippen LogP contribution is 2.23. The summed E-state index contributed by atoms with van der Waals surface area (Å²) in [7, 11) is 0. The zero-order valence-electron chi connectivity index (χ0n) is 8.59. The number of rotatable bonds is 1. The molecular weight excluding hydrogens is 184 g/mol. The molecule has 15 heavy (non-hydrogen) atoms. The van der Waals surface area contributed by atoms with Crippen LogP contribution in [0.4, 0.5) is 0 Å². The molecule has 2 nitrogen and oxygen atoms in total. The van der Waals surface area contributed by atoms with E-state index in [1.165, 1.54) is 11.8 Å². The summed E-state index contributed by atoms with van der Waals surface area (Å²) in [6.07, 6.45) is 6.03. The quantitative estimate of drug-likeness (QED) is 0.515. The van der Waals surface area contributed by atoms with Crippen molar-refractivity contribution < 1.29 is 0 Å². The zero-order valence-corrected chi connectivity index (χ0v) is 8.59. The molecule has 76 valence electrons. The predicted octanol–water partition coefficient (Wildman–Crippen LogP) is 2.97. The molecule has 2 rings (SSSR count). The Bertz CT molecular complexity index is 430. The Morgan fingerprint density at radius 2 is 1.93 bits per heavy atom. The van der Waals surface area contributed by atoms with Gasteiger partial charge in [-0.2, -0.15) is 0 Å². The van der Waals surface area contributed by atoms with Gasteiger partial charge in [0.2, 0.25) is 0 Å². The van der Waals surface area contributed by atoms with Gasteiger partial charge in [0.15, 0.2) is 0 Å². The van der Waals surface area contributed by atoms with Gasteiger partial charge in [0.05, 0.1) is 5.71 Å². The molecule has 0 aliphatic heterocycles. The van der Waals surface area contributed by atoms with Gasteiger partial charge in [-0.05, 0) is 36.5 Å². The number of nitrogens with one attached hydrogen (secondary N) is 2. The summed E-state index contributed by atoms with van der Waals surface area (Å²) < 4.78 is 0. The Labute approximate surface area is 89.7 Å². The Balaban J connectivity index is 2.47. The summed E-state index contributed by atoms with van der Waals surface area (Å²) in [6.45, 7) is 0. The summed E-state index contributed by atoms with van der Waals surface area (Å²) >= 11 is 0. The van der Waals surface area contributed by atoms with E-state index in [1.807, 2.05) is 18.2 Å². The summed E-state index contributed by atoms with van der Waals surface area (Å²) in [6, 6.07) is 8.09. The lowest BCUT2D eigenvalue weighted by atomic mass is 9.99. The number of benzene rings is 1. The van der Waals surface area contributed by atoms with Gasteiger partial charge in [-0.1, -0.05) is 24.3 Å². The van der Waals surface area contributed by atoms with E-state index in [9.17, 15) is 0 Å². The van der Waals surface area contributed by atoms with Crippen LogP contribution in [-0.4, -0.2) is 11.9 Å². The first-order valence-corrected chi connectivity index (χ1v) is 5.20. The number of allylic oxidation sites excluding steroid dienone is 2. The summed E-state index contributed by atoms with van der Waals surface area (Å²) in [5.74, 6) is 0. The zero-order chi connectivity index (χ0) is 10.7. The number of fused-ring (bicyclic) bond motifs is 1. The predicted molar refractivity (Wildman–Crippen MR) is 63.1 cm³/mol. The van der Waals surface area contributed by atoms with Crippen LogP contribution in [0.15, 0.2) is 35.9 Å². The fraction of sp³-hybridized carbons (Fsp3) is 0.231. The average Bonchev–Trinajstić information content (AvgIpc) is 2.41. The lowest BCUT2D eigenvalue weighted by Gasteiger charge is -2.06. The van der Waals surface area contributed by atoms with Crippen molar-refractivity contribution in [3.8, 4) is 0 Å². The first-order chi connectivity index (χ1) is 7.33. The van der Waals surface area contributed by atoms with E-state index in [-0.39, 0.29) is 0 Å². The van der Waals surface area contributed by atoms with Gasteiger partial charge < -0.3 is 5.41 Å². The first kappa shape index (κ1) is 9.84. The third-order valence-electron chi connectivity index (χ3n) is 2.78. The summed E-state index contributed by atoms with van der Waals surface area (Å²) in [5, 5.41) is 15.2. The Kier molecular flexibility index (Phi) is 2.77. The fourth-order valence-electron chi connectivity index (χ4n) is 2.02. The van der Waals surface area contributed by atoms with Crippen molar-refractivity contribution in [2.75, 3.05) is 0 Å². The van der Waals surface area contributed by atoms with E-state index in [2.05, 4.69) is 6.07 Å². The van der Waals surface area contributed by atoms with Crippen LogP contribution in [0, 0.1) is 10.8 Å². The van der Waals surface area contributed by atoms with Crippen LogP contribution in [0.2, 0.25) is 0 Å². The van der Waals surface area contributed by atoms with Crippen LogP contribution in [0.25, 0.3) is 0 Å². The van der Waals surface area contributed by atoms with Crippen molar-refractivity contribution in [3.63, 3.8) is 0 Å². The lowest BCUT2D eigenvalue weighted by molar-refractivity contribution is 0.840. The second kappa shape index (κ2) is 4.22.